The van der Waals surface area contributed by atoms with E-state index in [1.807, 2.05) is 19.1 Å². The van der Waals surface area contributed by atoms with E-state index in [0.717, 1.165) is 5.39 Å². The molecule has 2 aromatic carbocycles. The SMILES string of the molecule is Cc1nn(CC(=O)Nc2ccc3c(c2)OCCO3)c(=O)c2ccccc12. The van der Waals surface area contributed by atoms with E-state index < -0.39 is 0 Å². The fraction of sp³-hybridized carbons (Fsp3) is 0.211. The van der Waals surface area contributed by atoms with Crippen LogP contribution < -0.4 is 20.3 Å². The first kappa shape index (κ1) is 16.1. The van der Waals surface area contributed by atoms with E-state index in [9.17, 15) is 9.59 Å². The molecule has 0 unspecified atom stereocenters. The summed E-state index contributed by atoms with van der Waals surface area (Å²) >= 11 is 0. The Balaban J connectivity index is 1.56. The molecule has 1 aliphatic rings. The van der Waals surface area contributed by atoms with Crippen molar-refractivity contribution in [3.8, 4) is 11.5 Å². The van der Waals surface area contributed by atoms with E-state index in [-0.39, 0.29) is 18.0 Å². The van der Waals surface area contributed by atoms with Gasteiger partial charge in [-0.05, 0) is 25.1 Å². The van der Waals surface area contributed by atoms with Gasteiger partial charge in [0.1, 0.15) is 19.8 Å². The molecule has 0 bridgehead atoms. The van der Waals surface area contributed by atoms with Crippen LogP contribution in [0.3, 0.4) is 0 Å². The highest BCUT2D eigenvalue weighted by atomic mass is 16.6. The number of fused-ring (bicyclic) bond motifs is 2. The second kappa shape index (κ2) is 6.51. The molecule has 0 radical (unpaired) electrons. The number of carbonyl (C=O) groups is 1. The summed E-state index contributed by atoms with van der Waals surface area (Å²) in [7, 11) is 0. The summed E-state index contributed by atoms with van der Waals surface area (Å²) < 4.78 is 12.1. The summed E-state index contributed by atoms with van der Waals surface area (Å²) in [4.78, 5) is 24.9. The Labute approximate surface area is 149 Å². The van der Waals surface area contributed by atoms with Crippen LogP contribution in [0.1, 0.15) is 5.69 Å². The Kier molecular flexibility index (Phi) is 4.04. The fourth-order valence-electron chi connectivity index (χ4n) is 2.97. The summed E-state index contributed by atoms with van der Waals surface area (Å²) in [6, 6.07) is 12.4. The summed E-state index contributed by atoms with van der Waals surface area (Å²) in [5.41, 5.74) is 0.987. The van der Waals surface area contributed by atoms with Gasteiger partial charge in [-0.25, -0.2) is 4.68 Å². The molecule has 1 aliphatic heterocycles. The highest BCUT2D eigenvalue weighted by Crippen LogP contribution is 2.32. The number of anilines is 1. The standard InChI is InChI=1S/C19H17N3O4/c1-12-14-4-2-3-5-15(14)19(24)22(21-12)11-18(23)20-13-6-7-16-17(10-13)26-9-8-25-16/h2-7,10H,8-9,11H2,1H3,(H,20,23). The third-order valence-electron chi connectivity index (χ3n) is 4.17. The predicted octanol–water partition coefficient (Wildman–Crippen LogP) is 2.11. The lowest BCUT2D eigenvalue weighted by atomic mass is 10.1. The van der Waals surface area contributed by atoms with E-state index in [0.29, 0.717) is 41.5 Å². The van der Waals surface area contributed by atoms with Gasteiger partial charge >= 0.3 is 0 Å². The minimum atomic E-state index is -0.342. The number of ether oxygens (including phenoxy) is 2. The molecule has 0 aliphatic carbocycles. The zero-order valence-electron chi connectivity index (χ0n) is 14.2. The third-order valence-corrected chi connectivity index (χ3v) is 4.17. The first-order valence-corrected chi connectivity index (χ1v) is 8.28. The Morgan fingerprint density at radius 3 is 2.65 bits per heavy atom. The van der Waals surface area contributed by atoms with Crippen molar-refractivity contribution in [2.24, 2.45) is 0 Å². The van der Waals surface area contributed by atoms with Crippen molar-refractivity contribution in [1.29, 1.82) is 0 Å². The molecule has 3 aromatic rings. The van der Waals surface area contributed by atoms with E-state index in [2.05, 4.69) is 10.4 Å². The molecular formula is C19H17N3O4. The second-order valence-corrected chi connectivity index (χ2v) is 6.00. The van der Waals surface area contributed by atoms with E-state index in [4.69, 9.17) is 9.47 Å². The average Bonchev–Trinajstić information content (AvgIpc) is 2.66. The van der Waals surface area contributed by atoms with Crippen molar-refractivity contribution in [2.45, 2.75) is 13.5 Å². The molecule has 26 heavy (non-hydrogen) atoms. The maximum atomic E-state index is 12.5. The normalized spacial score (nSPS) is 12.8. The predicted molar refractivity (Wildman–Crippen MR) is 96.8 cm³/mol. The van der Waals surface area contributed by atoms with Gasteiger partial charge < -0.3 is 14.8 Å². The van der Waals surface area contributed by atoms with E-state index in [1.165, 1.54) is 4.68 Å². The Hall–Kier alpha value is -3.35. The van der Waals surface area contributed by atoms with Crippen molar-refractivity contribution >= 4 is 22.4 Å². The maximum Gasteiger partial charge on any atom is 0.275 e. The number of nitrogens with zero attached hydrogens (tertiary/aromatic N) is 2. The van der Waals surface area contributed by atoms with Crippen LogP contribution in [0.25, 0.3) is 10.8 Å². The molecule has 0 saturated heterocycles. The monoisotopic (exact) mass is 351 g/mol. The van der Waals surface area contributed by atoms with Crippen molar-refractivity contribution < 1.29 is 14.3 Å². The molecule has 1 N–H and O–H groups in total. The number of hydrogen-bond acceptors (Lipinski definition) is 5. The van der Waals surface area contributed by atoms with Gasteiger partial charge in [0.15, 0.2) is 11.5 Å². The molecule has 0 saturated carbocycles. The number of hydrogen-bond donors (Lipinski definition) is 1. The molecule has 1 amide bonds. The second-order valence-electron chi connectivity index (χ2n) is 6.00. The first-order chi connectivity index (χ1) is 12.6. The Morgan fingerprint density at radius 2 is 1.85 bits per heavy atom. The van der Waals surface area contributed by atoms with Crippen LogP contribution in [-0.4, -0.2) is 28.9 Å². The molecule has 0 fully saturated rings. The van der Waals surface area contributed by atoms with Gasteiger partial charge in [0.2, 0.25) is 5.91 Å². The number of rotatable bonds is 3. The molecule has 0 spiro atoms. The summed E-state index contributed by atoms with van der Waals surface area (Å²) in [5, 5.41) is 8.35. The van der Waals surface area contributed by atoms with Crippen LogP contribution in [0.15, 0.2) is 47.3 Å². The molecule has 0 atom stereocenters. The van der Waals surface area contributed by atoms with E-state index >= 15 is 0 Å². The number of benzene rings is 2. The van der Waals surface area contributed by atoms with Crippen molar-refractivity contribution in [3.63, 3.8) is 0 Å². The number of aromatic nitrogens is 2. The topological polar surface area (TPSA) is 82.5 Å². The Bertz CT molecular complexity index is 1060. The van der Waals surface area contributed by atoms with Gasteiger partial charge in [0, 0.05) is 17.1 Å². The van der Waals surface area contributed by atoms with Crippen LogP contribution in [-0.2, 0) is 11.3 Å². The van der Waals surface area contributed by atoms with Gasteiger partial charge in [0.25, 0.3) is 5.56 Å². The van der Waals surface area contributed by atoms with Crippen molar-refractivity contribution in [2.75, 3.05) is 18.5 Å². The number of aryl methyl sites for hydroxylation is 1. The third kappa shape index (κ3) is 2.99. The smallest absolute Gasteiger partial charge is 0.275 e. The zero-order valence-corrected chi connectivity index (χ0v) is 14.2. The number of amides is 1. The van der Waals surface area contributed by atoms with Gasteiger partial charge in [-0.3, -0.25) is 9.59 Å². The van der Waals surface area contributed by atoms with Gasteiger partial charge in [0.05, 0.1) is 11.1 Å². The summed E-state index contributed by atoms with van der Waals surface area (Å²) in [6.07, 6.45) is 0. The molecule has 4 rings (SSSR count). The molecule has 7 nitrogen and oxygen atoms in total. The number of nitrogens with one attached hydrogen (secondary N) is 1. The van der Waals surface area contributed by atoms with Crippen molar-refractivity contribution in [1.82, 2.24) is 9.78 Å². The van der Waals surface area contributed by atoms with Crippen LogP contribution in [0.5, 0.6) is 11.5 Å². The van der Waals surface area contributed by atoms with Gasteiger partial charge in [-0.2, -0.15) is 5.10 Å². The van der Waals surface area contributed by atoms with E-state index in [1.54, 1.807) is 30.3 Å². The lowest BCUT2D eigenvalue weighted by molar-refractivity contribution is -0.117. The molecule has 1 aromatic heterocycles. The largest absolute Gasteiger partial charge is 0.486 e. The van der Waals surface area contributed by atoms with Crippen LogP contribution in [0, 0.1) is 6.92 Å². The first-order valence-electron chi connectivity index (χ1n) is 8.28. The summed E-state index contributed by atoms with van der Waals surface area (Å²) in [5.74, 6) is 0.897. The highest BCUT2D eigenvalue weighted by molar-refractivity contribution is 5.91. The number of carbonyl (C=O) groups excluding carboxylic acids is 1. The lowest BCUT2D eigenvalue weighted by Gasteiger charge is -2.19. The van der Waals surface area contributed by atoms with Crippen LogP contribution in [0.4, 0.5) is 5.69 Å². The molecule has 7 heteroatoms. The minimum Gasteiger partial charge on any atom is -0.486 e. The van der Waals surface area contributed by atoms with Crippen LogP contribution >= 0.6 is 0 Å². The van der Waals surface area contributed by atoms with Gasteiger partial charge in [-0.1, -0.05) is 18.2 Å². The Morgan fingerprint density at radius 1 is 1.12 bits per heavy atom. The van der Waals surface area contributed by atoms with Crippen LogP contribution in [0.2, 0.25) is 0 Å². The average molecular weight is 351 g/mol. The summed E-state index contributed by atoms with van der Waals surface area (Å²) in [6.45, 7) is 2.63. The molecule has 2 heterocycles. The zero-order chi connectivity index (χ0) is 18.1. The fourth-order valence-corrected chi connectivity index (χ4v) is 2.97. The van der Waals surface area contributed by atoms with Crippen molar-refractivity contribution in [3.05, 3.63) is 58.5 Å². The molecular weight excluding hydrogens is 334 g/mol. The lowest BCUT2D eigenvalue weighted by Crippen LogP contribution is -2.30. The quantitative estimate of drug-likeness (QED) is 0.781. The maximum absolute atomic E-state index is 12.5. The van der Waals surface area contributed by atoms with Gasteiger partial charge in [-0.15, -0.1) is 0 Å². The minimum absolute atomic E-state index is 0.168. The molecule has 132 valence electrons. The highest BCUT2D eigenvalue weighted by Gasteiger charge is 2.14.